The summed E-state index contributed by atoms with van der Waals surface area (Å²) in [6, 6.07) is 5.37. The van der Waals surface area contributed by atoms with E-state index >= 15 is 0 Å². The number of ether oxygens (including phenoxy) is 1. The molecule has 1 unspecified atom stereocenters. The topological polar surface area (TPSA) is 85.6 Å². The summed E-state index contributed by atoms with van der Waals surface area (Å²) in [7, 11) is -1.35. The van der Waals surface area contributed by atoms with Gasteiger partial charge in [0.25, 0.3) is 5.91 Å². The number of sulfone groups is 1. The van der Waals surface area contributed by atoms with Gasteiger partial charge >= 0.3 is 0 Å². The van der Waals surface area contributed by atoms with Crippen LogP contribution in [0.5, 0.6) is 5.75 Å². The first-order chi connectivity index (χ1) is 10.9. The lowest BCUT2D eigenvalue weighted by molar-refractivity contribution is 0.0922. The van der Waals surface area contributed by atoms with Crippen LogP contribution in [0.1, 0.15) is 22.5 Å². The molecule has 23 heavy (non-hydrogen) atoms. The molecule has 0 radical (unpaired) electrons. The van der Waals surface area contributed by atoms with E-state index in [0.717, 1.165) is 10.9 Å². The highest BCUT2D eigenvalue weighted by Gasteiger charge is 2.28. The van der Waals surface area contributed by atoms with Crippen molar-refractivity contribution in [1.82, 2.24) is 5.32 Å². The molecule has 0 spiro atoms. The van der Waals surface area contributed by atoms with Crippen LogP contribution in [-0.4, -0.2) is 39.5 Å². The van der Waals surface area contributed by atoms with Gasteiger partial charge in [0.15, 0.2) is 15.6 Å². The van der Waals surface area contributed by atoms with Crippen LogP contribution in [0.2, 0.25) is 0 Å². The zero-order chi connectivity index (χ0) is 16.6. The highest BCUT2D eigenvalue weighted by Crippen LogP contribution is 2.28. The summed E-state index contributed by atoms with van der Waals surface area (Å²) in [5, 5.41) is 3.61. The van der Waals surface area contributed by atoms with Crippen molar-refractivity contribution in [2.24, 2.45) is 5.92 Å². The second-order valence-corrected chi connectivity index (χ2v) is 8.13. The summed E-state index contributed by atoms with van der Waals surface area (Å²) < 4.78 is 33.7. The average molecular weight is 337 g/mol. The maximum Gasteiger partial charge on any atom is 0.287 e. The van der Waals surface area contributed by atoms with Crippen LogP contribution < -0.4 is 10.1 Å². The van der Waals surface area contributed by atoms with Gasteiger partial charge in [0.1, 0.15) is 11.3 Å². The van der Waals surface area contributed by atoms with Gasteiger partial charge in [-0.05, 0) is 37.5 Å². The Kier molecular flexibility index (Phi) is 4.06. The molecule has 1 saturated heterocycles. The number of rotatable bonds is 4. The predicted octanol–water partition coefficient (Wildman–Crippen LogP) is 1.91. The standard InChI is InChI=1S/C16H19NO5S/c1-10-13-7-12(21-2)3-4-14(13)22-15(10)16(18)17-8-11-5-6-23(19,20)9-11/h3-4,7,11H,5-6,8-9H2,1-2H3,(H,17,18). The summed E-state index contributed by atoms with van der Waals surface area (Å²) in [4.78, 5) is 12.3. The number of methoxy groups -OCH3 is 1. The lowest BCUT2D eigenvalue weighted by Gasteiger charge is -2.08. The summed E-state index contributed by atoms with van der Waals surface area (Å²) in [5.74, 6) is 0.968. The SMILES string of the molecule is COc1ccc2oc(C(=O)NCC3CCS(=O)(=O)C3)c(C)c2c1. The highest BCUT2D eigenvalue weighted by molar-refractivity contribution is 7.91. The molecule has 1 atom stereocenters. The van der Waals surface area contributed by atoms with E-state index in [-0.39, 0.29) is 29.1 Å². The zero-order valence-electron chi connectivity index (χ0n) is 13.1. The molecule has 0 saturated carbocycles. The van der Waals surface area contributed by atoms with Crippen LogP contribution in [0.25, 0.3) is 11.0 Å². The zero-order valence-corrected chi connectivity index (χ0v) is 13.9. The minimum atomic E-state index is -2.93. The molecule has 1 fully saturated rings. The van der Waals surface area contributed by atoms with Crippen LogP contribution >= 0.6 is 0 Å². The highest BCUT2D eigenvalue weighted by atomic mass is 32.2. The van der Waals surface area contributed by atoms with Gasteiger partial charge in [0, 0.05) is 17.5 Å². The molecule has 6 nitrogen and oxygen atoms in total. The maximum atomic E-state index is 12.3. The molecule has 1 amide bonds. The quantitative estimate of drug-likeness (QED) is 0.921. The van der Waals surface area contributed by atoms with E-state index in [4.69, 9.17) is 9.15 Å². The molecule has 3 rings (SSSR count). The molecule has 2 heterocycles. The Morgan fingerprint density at radius 2 is 2.22 bits per heavy atom. The monoisotopic (exact) mass is 337 g/mol. The smallest absolute Gasteiger partial charge is 0.287 e. The first kappa shape index (κ1) is 15.9. The first-order valence-corrected chi connectivity index (χ1v) is 9.27. The summed E-state index contributed by atoms with van der Waals surface area (Å²) in [5.41, 5.74) is 1.37. The summed E-state index contributed by atoms with van der Waals surface area (Å²) in [6.45, 7) is 2.16. The lowest BCUT2D eigenvalue weighted by Crippen LogP contribution is -2.29. The van der Waals surface area contributed by atoms with E-state index in [1.54, 1.807) is 19.2 Å². The summed E-state index contributed by atoms with van der Waals surface area (Å²) in [6.07, 6.45) is 0.596. The van der Waals surface area contributed by atoms with Gasteiger partial charge in [-0.1, -0.05) is 0 Å². The van der Waals surface area contributed by atoms with E-state index in [2.05, 4.69) is 5.32 Å². The van der Waals surface area contributed by atoms with E-state index in [1.165, 1.54) is 0 Å². The fraction of sp³-hybridized carbons (Fsp3) is 0.438. The van der Waals surface area contributed by atoms with Gasteiger partial charge in [-0.15, -0.1) is 0 Å². The minimum Gasteiger partial charge on any atom is -0.497 e. The molecular weight excluding hydrogens is 318 g/mol. The van der Waals surface area contributed by atoms with Crippen LogP contribution in [0, 0.1) is 12.8 Å². The fourth-order valence-corrected chi connectivity index (χ4v) is 4.76. The molecule has 0 aliphatic carbocycles. The Morgan fingerprint density at radius 1 is 1.43 bits per heavy atom. The van der Waals surface area contributed by atoms with Crippen molar-refractivity contribution in [3.05, 3.63) is 29.5 Å². The van der Waals surface area contributed by atoms with Gasteiger partial charge in [-0.3, -0.25) is 4.79 Å². The number of benzene rings is 1. The second kappa shape index (κ2) is 5.88. The van der Waals surface area contributed by atoms with Gasteiger partial charge in [0.05, 0.1) is 18.6 Å². The van der Waals surface area contributed by atoms with Crippen LogP contribution in [0.4, 0.5) is 0 Å². The average Bonchev–Trinajstić information content (AvgIpc) is 3.04. The number of carbonyl (C=O) groups is 1. The van der Waals surface area contributed by atoms with Crippen molar-refractivity contribution >= 4 is 26.7 Å². The predicted molar refractivity (Wildman–Crippen MR) is 86.6 cm³/mol. The Labute approximate surface area is 134 Å². The van der Waals surface area contributed by atoms with Crippen molar-refractivity contribution in [2.75, 3.05) is 25.2 Å². The molecule has 0 bridgehead atoms. The molecule has 1 aromatic carbocycles. The van der Waals surface area contributed by atoms with Crippen molar-refractivity contribution in [3.8, 4) is 5.75 Å². The molecule has 1 aliphatic heterocycles. The third-order valence-corrected chi connectivity index (χ3v) is 6.06. The second-order valence-electron chi connectivity index (χ2n) is 5.90. The lowest BCUT2D eigenvalue weighted by atomic mass is 10.1. The van der Waals surface area contributed by atoms with E-state index < -0.39 is 9.84 Å². The first-order valence-electron chi connectivity index (χ1n) is 7.45. The third kappa shape index (κ3) is 3.19. The summed E-state index contributed by atoms with van der Waals surface area (Å²) >= 11 is 0. The van der Waals surface area contributed by atoms with Gasteiger partial charge in [-0.25, -0.2) is 8.42 Å². The number of aryl methyl sites for hydroxylation is 1. The van der Waals surface area contributed by atoms with Crippen LogP contribution in [0.3, 0.4) is 0 Å². The van der Waals surface area contributed by atoms with Gasteiger partial charge < -0.3 is 14.5 Å². The number of carbonyl (C=O) groups excluding carboxylic acids is 1. The fourth-order valence-electron chi connectivity index (χ4n) is 2.89. The molecular formula is C16H19NO5S. The van der Waals surface area contributed by atoms with Gasteiger partial charge in [0.2, 0.25) is 0 Å². The number of nitrogens with one attached hydrogen (secondary N) is 1. The molecule has 2 aromatic rings. The number of hydrogen-bond acceptors (Lipinski definition) is 5. The number of hydrogen-bond donors (Lipinski definition) is 1. The Morgan fingerprint density at radius 3 is 2.87 bits per heavy atom. The van der Waals surface area contributed by atoms with Crippen molar-refractivity contribution in [2.45, 2.75) is 13.3 Å². The van der Waals surface area contributed by atoms with E-state index in [1.807, 2.05) is 13.0 Å². The molecule has 1 aromatic heterocycles. The number of furan rings is 1. The third-order valence-electron chi connectivity index (χ3n) is 4.23. The molecule has 124 valence electrons. The van der Waals surface area contributed by atoms with Crippen LogP contribution in [0.15, 0.2) is 22.6 Å². The molecule has 1 aliphatic rings. The molecule has 7 heteroatoms. The Balaban J connectivity index is 1.75. The van der Waals surface area contributed by atoms with Crippen molar-refractivity contribution < 1.29 is 22.4 Å². The van der Waals surface area contributed by atoms with Crippen molar-refractivity contribution in [1.29, 1.82) is 0 Å². The van der Waals surface area contributed by atoms with Gasteiger partial charge in [-0.2, -0.15) is 0 Å². The van der Waals surface area contributed by atoms with Crippen LogP contribution in [-0.2, 0) is 9.84 Å². The largest absolute Gasteiger partial charge is 0.497 e. The Hall–Kier alpha value is -2.02. The van der Waals surface area contributed by atoms with Crippen molar-refractivity contribution in [3.63, 3.8) is 0 Å². The van der Waals surface area contributed by atoms with E-state index in [0.29, 0.717) is 24.3 Å². The normalized spacial score (nSPS) is 19.8. The Bertz CT molecular complexity index is 853. The molecule has 1 N–H and O–H groups in total. The van der Waals surface area contributed by atoms with E-state index in [9.17, 15) is 13.2 Å². The number of fused-ring (bicyclic) bond motifs is 1. The minimum absolute atomic E-state index is 0.0197. The maximum absolute atomic E-state index is 12.3. The number of amides is 1.